The van der Waals surface area contributed by atoms with Gasteiger partial charge in [0, 0.05) is 17.1 Å². The van der Waals surface area contributed by atoms with Crippen LogP contribution in [0.1, 0.15) is 19.8 Å². The summed E-state index contributed by atoms with van der Waals surface area (Å²) < 4.78 is 0.809. The van der Waals surface area contributed by atoms with Crippen LogP contribution in [0.5, 0.6) is 0 Å². The Balaban J connectivity index is 1.42. The van der Waals surface area contributed by atoms with Crippen LogP contribution < -0.4 is 10.6 Å². The zero-order valence-corrected chi connectivity index (χ0v) is 15.4. The Kier molecular flexibility index (Phi) is 4.59. The van der Waals surface area contributed by atoms with Crippen LogP contribution in [0.25, 0.3) is 10.8 Å². The van der Waals surface area contributed by atoms with Crippen LogP contribution >= 0.6 is 23.1 Å². The third kappa shape index (κ3) is 3.93. The quantitative estimate of drug-likeness (QED) is 0.630. The molecule has 0 saturated heterocycles. The molecule has 1 aliphatic carbocycles. The molecular formula is C18H18N4OS2. The molecule has 0 spiro atoms. The summed E-state index contributed by atoms with van der Waals surface area (Å²) in [5.41, 5.74) is 0.837. The lowest BCUT2D eigenvalue weighted by Crippen LogP contribution is -2.22. The lowest BCUT2D eigenvalue weighted by Gasteiger charge is -2.12. The number of carbonyl (C=O) groups excluding carboxylic acids is 1. The van der Waals surface area contributed by atoms with Gasteiger partial charge in [-0.2, -0.15) is 0 Å². The highest BCUT2D eigenvalue weighted by molar-refractivity contribution is 8.02. The Labute approximate surface area is 154 Å². The maximum absolute atomic E-state index is 12.6. The molecule has 3 aromatic rings. The largest absolute Gasteiger partial charge is 0.357 e. The second-order valence-corrected chi connectivity index (χ2v) is 8.63. The number of thioether (sulfide) groups is 1. The lowest BCUT2D eigenvalue weighted by atomic mass is 10.1. The van der Waals surface area contributed by atoms with Gasteiger partial charge in [0.2, 0.25) is 11.0 Å². The number of hydrogen-bond acceptors (Lipinski definition) is 6. The topological polar surface area (TPSA) is 66.9 Å². The first-order valence-corrected chi connectivity index (χ1v) is 9.94. The number of nitrogens with zero attached hydrogens (tertiary/aromatic N) is 2. The standard InChI is InChI=1S/C18H18N4OS2/c1-11(24-18-22-21-17(25-18)19-13-9-10-13)16(23)20-15-8-4-6-12-5-2-3-7-14(12)15/h2-8,11,13H,9-10H2,1H3,(H,19,21)(H,20,23). The van der Waals surface area contributed by atoms with Crippen LogP contribution in [0.15, 0.2) is 46.8 Å². The van der Waals surface area contributed by atoms with Crippen molar-refractivity contribution >= 4 is 50.6 Å². The van der Waals surface area contributed by atoms with Crippen molar-refractivity contribution in [1.82, 2.24) is 10.2 Å². The molecule has 1 saturated carbocycles. The highest BCUT2D eigenvalue weighted by Gasteiger charge is 2.23. The number of hydrogen-bond donors (Lipinski definition) is 2. The Morgan fingerprint density at radius 3 is 2.84 bits per heavy atom. The summed E-state index contributed by atoms with van der Waals surface area (Å²) in [6, 6.07) is 14.5. The van der Waals surface area contributed by atoms with Gasteiger partial charge in [-0.25, -0.2) is 0 Å². The predicted octanol–water partition coefficient (Wildman–Crippen LogP) is 4.38. The molecule has 1 atom stereocenters. The minimum atomic E-state index is -0.249. The van der Waals surface area contributed by atoms with Crippen LogP contribution in [0.4, 0.5) is 10.8 Å². The molecule has 0 radical (unpaired) electrons. The summed E-state index contributed by atoms with van der Waals surface area (Å²) in [5, 5.41) is 17.4. The van der Waals surface area contributed by atoms with Crippen LogP contribution in [-0.2, 0) is 4.79 Å². The first-order valence-electron chi connectivity index (χ1n) is 8.24. The van der Waals surface area contributed by atoms with E-state index in [1.54, 1.807) is 0 Å². The molecule has 1 heterocycles. The van der Waals surface area contributed by atoms with E-state index in [-0.39, 0.29) is 11.2 Å². The van der Waals surface area contributed by atoms with E-state index < -0.39 is 0 Å². The van der Waals surface area contributed by atoms with Gasteiger partial charge in [-0.3, -0.25) is 4.79 Å². The summed E-state index contributed by atoms with van der Waals surface area (Å²) in [4.78, 5) is 12.6. The molecule has 2 N–H and O–H groups in total. The molecule has 1 amide bonds. The van der Waals surface area contributed by atoms with Crippen molar-refractivity contribution in [3.05, 3.63) is 42.5 Å². The van der Waals surface area contributed by atoms with E-state index in [4.69, 9.17) is 0 Å². The Hall–Kier alpha value is -2.12. The molecule has 0 aliphatic heterocycles. The fourth-order valence-electron chi connectivity index (χ4n) is 2.49. The van der Waals surface area contributed by atoms with Gasteiger partial charge in [0.25, 0.3) is 0 Å². The maximum atomic E-state index is 12.6. The minimum absolute atomic E-state index is 0.0340. The van der Waals surface area contributed by atoms with Crippen molar-refractivity contribution in [1.29, 1.82) is 0 Å². The van der Waals surface area contributed by atoms with E-state index >= 15 is 0 Å². The number of rotatable bonds is 6. The molecule has 0 bridgehead atoms. The number of fused-ring (bicyclic) bond motifs is 1. The fourth-order valence-corrected chi connectivity index (χ4v) is 4.46. The molecule has 2 aromatic carbocycles. The monoisotopic (exact) mass is 370 g/mol. The molecule has 1 aliphatic rings. The van der Waals surface area contributed by atoms with Crippen LogP contribution in [0, 0.1) is 0 Å². The third-order valence-corrected chi connectivity index (χ3v) is 6.04. The van der Waals surface area contributed by atoms with Crippen molar-refractivity contribution in [2.45, 2.75) is 35.4 Å². The van der Waals surface area contributed by atoms with Crippen molar-refractivity contribution in [2.24, 2.45) is 0 Å². The number of carbonyl (C=O) groups is 1. The van der Waals surface area contributed by atoms with Gasteiger partial charge in [0.15, 0.2) is 4.34 Å². The first-order chi connectivity index (χ1) is 12.2. The van der Waals surface area contributed by atoms with Gasteiger partial charge in [0.05, 0.1) is 5.25 Å². The van der Waals surface area contributed by atoms with Crippen molar-refractivity contribution in [2.75, 3.05) is 10.6 Å². The molecule has 7 heteroatoms. The summed E-state index contributed by atoms with van der Waals surface area (Å²) in [6.07, 6.45) is 2.40. The highest BCUT2D eigenvalue weighted by Crippen LogP contribution is 2.32. The molecular weight excluding hydrogens is 352 g/mol. The van der Waals surface area contributed by atoms with E-state index in [1.807, 2.05) is 49.4 Å². The molecule has 5 nitrogen and oxygen atoms in total. The van der Waals surface area contributed by atoms with Gasteiger partial charge >= 0.3 is 0 Å². The second-order valence-electron chi connectivity index (χ2n) is 6.07. The van der Waals surface area contributed by atoms with Crippen LogP contribution in [-0.4, -0.2) is 27.4 Å². The van der Waals surface area contributed by atoms with Crippen molar-refractivity contribution in [3.8, 4) is 0 Å². The summed E-state index contributed by atoms with van der Waals surface area (Å²) >= 11 is 2.94. The number of aromatic nitrogens is 2. The fraction of sp³-hybridized carbons (Fsp3) is 0.278. The molecule has 128 valence electrons. The van der Waals surface area contributed by atoms with E-state index in [1.165, 1.54) is 35.9 Å². The van der Waals surface area contributed by atoms with Crippen molar-refractivity contribution < 1.29 is 4.79 Å². The van der Waals surface area contributed by atoms with E-state index in [0.29, 0.717) is 6.04 Å². The second kappa shape index (κ2) is 7.01. The van der Waals surface area contributed by atoms with E-state index in [0.717, 1.165) is 25.9 Å². The summed E-state index contributed by atoms with van der Waals surface area (Å²) in [7, 11) is 0. The maximum Gasteiger partial charge on any atom is 0.237 e. The first kappa shape index (κ1) is 16.4. The van der Waals surface area contributed by atoms with Gasteiger partial charge < -0.3 is 10.6 Å². The van der Waals surface area contributed by atoms with E-state index in [2.05, 4.69) is 20.8 Å². The van der Waals surface area contributed by atoms with E-state index in [9.17, 15) is 4.79 Å². The molecule has 1 unspecified atom stereocenters. The number of amides is 1. The number of nitrogens with one attached hydrogen (secondary N) is 2. The lowest BCUT2D eigenvalue weighted by molar-refractivity contribution is -0.115. The SMILES string of the molecule is CC(Sc1nnc(NC2CC2)s1)C(=O)Nc1cccc2ccccc12. The molecule has 1 fully saturated rings. The smallest absolute Gasteiger partial charge is 0.237 e. The van der Waals surface area contributed by atoms with Gasteiger partial charge in [-0.05, 0) is 31.2 Å². The Morgan fingerprint density at radius 2 is 2.00 bits per heavy atom. The number of benzene rings is 2. The van der Waals surface area contributed by atoms with Crippen molar-refractivity contribution in [3.63, 3.8) is 0 Å². The Morgan fingerprint density at radius 1 is 1.20 bits per heavy atom. The van der Waals surface area contributed by atoms with Gasteiger partial charge in [0.1, 0.15) is 0 Å². The van der Waals surface area contributed by atoms with Gasteiger partial charge in [-0.15, -0.1) is 10.2 Å². The van der Waals surface area contributed by atoms with Crippen LogP contribution in [0.3, 0.4) is 0 Å². The number of anilines is 2. The average Bonchev–Trinajstić information content (AvgIpc) is 3.33. The highest BCUT2D eigenvalue weighted by atomic mass is 32.2. The predicted molar refractivity (Wildman–Crippen MR) is 104 cm³/mol. The van der Waals surface area contributed by atoms with Crippen LogP contribution in [0.2, 0.25) is 0 Å². The summed E-state index contributed by atoms with van der Waals surface area (Å²) in [6.45, 7) is 1.89. The summed E-state index contributed by atoms with van der Waals surface area (Å²) in [5.74, 6) is -0.0340. The average molecular weight is 371 g/mol. The molecule has 25 heavy (non-hydrogen) atoms. The zero-order chi connectivity index (χ0) is 17.2. The third-order valence-electron chi connectivity index (χ3n) is 4.01. The molecule has 1 aromatic heterocycles. The normalized spacial score (nSPS) is 15.1. The molecule has 4 rings (SSSR count). The minimum Gasteiger partial charge on any atom is -0.357 e. The zero-order valence-electron chi connectivity index (χ0n) is 13.7. The van der Waals surface area contributed by atoms with Gasteiger partial charge in [-0.1, -0.05) is 59.5 Å². The Bertz CT molecular complexity index is 901.